The number of rotatable bonds is 4. The van der Waals surface area contributed by atoms with Crippen molar-refractivity contribution in [3.63, 3.8) is 0 Å². The minimum atomic E-state index is -3.69. The number of nitrogens with two attached hydrogens (primary N) is 1. The molecule has 5 nitrogen and oxygen atoms in total. The number of furan rings is 1. The van der Waals surface area contributed by atoms with E-state index in [1.807, 2.05) is 26.8 Å². The molecule has 2 aromatic rings. The molecular formula is C14H18N2O3S. The standard InChI is InChI=1S/C14H18N2O3S/c1-9-7-14(11(3)19-9)10(2)16-12-5-4-6-13(8-12)20(15,17)18/h4-8,10,16H,1-3H3,(H2,15,17,18). The highest BCUT2D eigenvalue weighted by Gasteiger charge is 2.14. The van der Waals surface area contributed by atoms with Gasteiger partial charge in [-0.05, 0) is 45.0 Å². The number of aryl methyl sites for hydroxylation is 2. The van der Waals surface area contributed by atoms with Crippen LogP contribution in [0, 0.1) is 13.8 Å². The van der Waals surface area contributed by atoms with Crippen LogP contribution < -0.4 is 10.5 Å². The lowest BCUT2D eigenvalue weighted by molar-refractivity contribution is 0.500. The van der Waals surface area contributed by atoms with Crippen LogP contribution in [0.5, 0.6) is 0 Å². The van der Waals surface area contributed by atoms with Crippen molar-refractivity contribution < 1.29 is 12.8 Å². The Morgan fingerprint density at radius 1 is 1.25 bits per heavy atom. The molecule has 0 aliphatic carbocycles. The van der Waals surface area contributed by atoms with Crippen LogP contribution >= 0.6 is 0 Å². The summed E-state index contributed by atoms with van der Waals surface area (Å²) in [6, 6.07) is 8.42. The Hall–Kier alpha value is -1.79. The second kappa shape index (κ2) is 5.30. The molecule has 6 heteroatoms. The Morgan fingerprint density at radius 2 is 1.95 bits per heavy atom. The molecule has 1 aromatic carbocycles. The maximum absolute atomic E-state index is 11.3. The zero-order valence-electron chi connectivity index (χ0n) is 11.7. The molecule has 0 aliphatic rings. The van der Waals surface area contributed by atoms with E-state index in [1.54, 1.807) is 12.1 Å². The fraction of sp³-hybridized carbons (Fsp3) is 0.286. The number of nitrogens with one attached hydrogen (secondary N) is 1. The Kier molecular flexibility index (Phi) is 3.87. The van der Waals surface area contributed by atoms with Gasteiger partial charge in [0, 0.05) is 11.3 Å². The Morgan fingerprint density at radius 3 is 2.50 bits per heavy atom. The van der Waals surface area contributed by atoms with E-state index in [4.69, 9.17) is 9.56 Å². The van der Waals surface area contributed by atoms with Crippen LogP contribution in [0.15, 0.2) is 39.6 Å². The lowest BCUT2D eigenvalue weighted by atomic mass is 10.1. The third-order valence-electron chi connectivity index (χ3n) is 3.09. The van der Waals surface area contributed by atoms with Gasteiger partial charge in [0.05, 0.1) is 10.9 Å². The summed E-state index contributed by atoms with van der Waals surface area (Å²) in [7, 11) is -3.69. The molecule has 1 aromatic heterocycles. The van der Waals surface area contributed by atoms with E-state index >= 15 is 0 Å². The molecule has 1 atom stereocenters. The lowest BCUT2D eigenvalue weighted by Crippen LogP contribution is -2.13. The summed E-state index contributed by atoms with van der Waals surface area (Å²) < 4.78 is 28.2. The Bertz CT molecular complexity index is 720. The largest absolute Gasteiger partial charge is 0.466 e. The van der Waals surface area contributed by atoms with Crippen LogP contribution in [-0.2, 0) is 10.0 Å². The molecule has 108 valence electrons. The maximum atomic E-state index is 11.3. The summed E-state index contributed by atoms with van der Waals surface area (Å²) in [5.74, 6) is 1.70. The first-order chi connectivity index (χ1) is 9.27. The lowest BCUT2D eigenvalue weighted by Gasteiger charge is -2.15. The summed E-state index contributed by atoms with van der Waals surface area (Å²) in [6.45, 7) is 5.78. The van der Waals surface area contributed by atoms with Gasteiger partial charge in [-0.25, -0.2) is 13.6 Å². The fourth-order valence-corrected chi connectivity index (χ4v) is 2.73. The summed E-state index contributed by atoms with van der Waals surface area (Å²) in [5.41, 5.74) is 1.74. The quantitative estimate of drug-likeness (QED) is 0.908. The topological polar surface area (TPSA) is 85.3 Å². The van der Waals surface area contributed by atoms with Crippen LogP contribution in [0.25, 0.3) is 0 Å². The summed E-state index contributed by atoms with van der Waals surface area (Å²) in [4.78, 5) is 0.0924. The van der Waals surface area contributed by atoms with E-state index in [2.05, 4.69) is 5.32 Å². The smallest absolute Gasteiger partial charge is 0.238 e. The molecule has 0 saturated carbocycles. The van der Waals surface area contributed by atoms with Crippen molar-refractivity contribution in [3.8, 4) is 0 Å². The highest BCUT2D eigenvalue weighted by Crippen LogP contribution is 2.25. The van der Waals surface area contributed by atoms with Crippen molar-refractivity contribution in [1.29, 1.82) is 0 Å². The predicted molar refractivity (Wildman–Crippen MR) is 78.0 cm³/mol. The maximum Gasteiger partial charge on any atom is 0.238 e. The van der Waals surface area contributed by atoms with Gasteiger partial charge in [-0.2, -0.15) is 0 Å². The van der Waals surface area contributed by atoms with Crippen molar-refractivity contribution in [1.82, 2.24) is 0 Å². The fourth-order valence-electron chi connectivity index (χ4n) is 2.17. The molecule has 0 saturated heterocycles. The van der Waals surface area contributed by atoms with Gasteiger partial charge in [0.2, 0.25) is 10.0 Å². The van der Waals surface area contributed by atoms with Crippen LogP contribution in [0.1, 0.15) is 30.0 Å². The Balaban J connectivity index is 2.24. The van der Waals surface area contributed by atoms with Gasteiger partial charge in [-0.15, -0.1) is 0 Å². The second-order valence-corrected chi connectivity index (χ2v) is 6.37. The average Bonchev–Trinajstić information content (AvgIpc) is 2.68. The Labute approximate surface area is 118 Å². The molecule has 2 rings (SSSR count). The average molecular weight is 294 g/mol. The highest BCUT2D eigenvalue weighted by atomic mass is 32.2. The van der Waals surface area contributed by atoms with Gasteiger partial charge in [0.1, 0.15) is 11.5 Å². The highest BCUT2D eigenvalue weighted by molar-refractivity contribution is 7.89. The zero-order chi connectivity index (χ0) is 14.9. The van der Waals surface area contributed by atoms with Gasteiger partial charge in [0.15, 0.2) is 0 Å². The normalized spacial score (nSPS) is 13.2. The molecule has 1 unspecified atom stereocenters. The van der Waals surface area contributed by atoms with Crippen molar-refractivity contribution in [2.24, 2.45) is 5.14 Å². The van der Waals surface area contributed by atoms with E-state index in [1.165, 1.54) is 12.1 Å². The predicted octanol–water partition coefficient (Wildman–Crippen LogP) is 2.72. The van der Waals surface area contributed by atoms with Crippen molar-refractivity contribution >= 4 is 15.7 Å². The van der Waals surface area contributed by atoms with Crippen LogP contribution in [0.2, 0.25) is 0 Å². The molecule has 0 fully saturated rings. The van der Waals surface area contributed by atoms with E-state index in [-0.39, 0.29) is 10.9 Å². The van der Waals surface area contributed by atoms with E-state index in [0.29, 0.717) is 5.69 Å². The summed E-state index contributed by atoms with van der Waals surface area (Å²) in [6.07, 6.45) is 0. The first kappa shape index (κ1) is 14.6. The number of sulfonamides is 1. The van der Waals surface area contributed by atoms with E-state index in [9.17, 15) is 8.42 Å². The number of hydrogen-bond donors (Lipinski definition) is 2. The summed E-state index contributed by atoms with van der Waals surface area (Å²) in [5, 5.41) is 8.37. The van der Waals surface area contributed by atoms with Gasteiger partial charge >= 0.3 is 0 Å². The molecule has 20 heavy (non-hydrogen) atoms. The van der Waals surface area contributed by atoms with Crippen molar-refractivity contribution in [2.45, 2.75) is 31.7 Å². The molecule has 0 amide bonds. The first-order valence-electron chi connectivity index (χ1n) is 6.23. The van der Waals surface area contributed by atoms with Crippen LogP contribution in [0.4, 0.5) is 5.69 Å². The third-order valence-corrected chi connectivity index (χ3v) is 4.00. The van der Waals surface area contributed by atoms with Crippen LogP contribution in [0.3, 0.4) is 0 Å². The molecule has 0 aliphatic heterocycles. The second-order valence-electron chi connectivity index (χ2n) is 4.81. The summed E-state index contributed by atoms with van der Waals surface area (Å²) >= 11 is 0. The third kappa shape index (κ3) is 3.20. The molecule has 1 heterocycles. The van der Waals surface area contributed by atoms with Gasteiger partial charge in [-0.3, -0.25) is 0 Å². The SMILES string of the molecule is Cc1cc(C(C)Nc2cccc(S(N)(=O)=O)c2)c(C)o1. The minimum absolute atomic E-state index is 0.00294. The number of anilines is 1. The number of hydrogen-bond acceptors (Lipinski definition) is 4. The molecule has 3 N–H and O–H groups in total. The van der Waals surface area contributed by atoms with Gasteiger partial charge < -0.3 is 9.73 Å². The zero-order valence-corrected chi connectivity index (χ0v) is 12.5. The minimum Gasteiger partial charge on any atom is -0.466 e. The van der Waals surface area contributed by atoms with E-state index in [0.717, 1.165) is 17.1 Å². The molecular weight excluding hydrogens is 276 g/mol. The van der Waals surface area contributed by atoms with Gasteiger partial charge in [0.25, 0.3) is 0 Å². The number of benzene rings is 1. The molecule has 0 spiro atoms. The van der Waals surface area contributed by atoms with Crippen molar-refractivity contribution in [2.75, 3.05) is 5.32 Å². The van der Waals surface area contributed by atoms with Gasteiger partial charge in [-0.1, -0.05) is 6.07 Å². The molecule has 0 radical (unpaired) electrons. The van der Waals surface area contributed by atoms with E-state index < -0.39 is 10.0 Å². The van der Waals surface area contributed by atoms with Crippen LogP contribution in [-0.4, -0.2) is 8.42 Å². The van der Waals surface area contributed by atoms with Crippen molar-refractivity contribution in [3.05, 3.63) is 47.4 Å². The number of primary sulfonamides is 1. The first-order valence-corrected chi connectivity index (χ1v) is 7.78. The molecule has 0 bridgehead atoms. The monoisotopic (exact) mass is 294 g/mol.